The number of benzene rings is 4. The van der Waals surface area contributed by atoms with Gasteiger partial charge in [-0.3, -0.25) is 9.52 Å². The molecule has 1 amide bonds. The average molecular weight is 689 g/mol. The lowest BCUT2D eigenvalue weighted by Gasteiger charge is -2.38. The SMILES string of the molecule is Cc1c(Cl)cccc1NS(=O)(=O)c1ccc(NC(=O)[C@@H]2CN(S(=O)(=O)c3ccccc3)CCN2S(=O)(=O)c2ccccc2)cc1. The lowest BCUT2D eigenvalue weighted by Crippen LogP contribution is -2.60. The molecule has 1 atom stereocenters. The predicted octanol–water partition coefficient (Wildman–Crippen LogP) is 4.15. The second-order valence-corrected chi connectivity index (χ2v) is 16.1. The van der Waals surface area contributed by atoms with Gasteiger partial charge in [-0.1, -0.05) is 54.1 Å². The second kappa shape index (κ2) is 12.9. The van der Waals surface area contributed by atoms with Crippen LogP contribution in [-0.2, 0) is 34.9 Å². The number of amides is 1. The first-order valence-electron chi connectivity index (χ1n) is 13.6. The van der Waals surface area contributed by atoms with E-state index in [2.05, 4.69) is 10.0 Å². The van der Waals surface area contributed by atoms with Crippen molar-refractivity contribution in [2.75, 3.05) is 29.7 Å². The van der Waals surface area contributed by atoms with Crippen LogP contribution in [0.3, 0.4) is 0 Å². The van der Waals surface area contributed by atoms with Crippen LogP contribution in [0.5, 0.6) is 0 Å². The van der Waals surface area contributed by atoms with Crippen LogP contribution in [0.15, 0.2) is 118 Å². The number of hydrogen-bond acceptors (Lipinski definition) is 7. The predicted molar refractivity (Wildman–Crippen MR) is 171 cm³/mol. The Morgan fingerprint density at radius 1 is 0.711 bits per heavy atom. The molecular formula is C30H29ClN4O7S3. The quantitative estimate of drug-likeness (QED) is 0.268. The number of carbonyl (C=O) groups is 1. The van der Waals surface area contributed by atoms with Crippen molar-refractivity contribution >= 4 is 59.0 Å². The Labute approximate surface area is 267 Å². The zero-order valence-electron chi connectivity index (χ0n) is 23.9. The molecule has 45 heavy (non-hydrogen) atoms. The molecule has 1 fully saturated rings. The van der Waals surface area contributed by atoms with Crippen LogP contribution < -0.4 is 10.0 Å². The van der Waals surface area contributed by atoms with Gasteiger partial charge in [0.15, 0.2) is 0 Å². The third-order valence-electron chi connectivity index (χ3n) is 7.27. The van der Waals surface area contributed by atoms with E-state index in [9.17, 15) is 30.0 Å². The van der Waals surface area contributed by atoms with Gasteiger partial charge in [0.25, 0.3) is 10.0 Å². The average Bonchev–Trinajstić information content (AvgIpc) is 3.04. The molecule has 0 saturated carbocycles. The first-order chi connectivity index (χ1) is 21.3. The Hall–Kier alpha value is -3.79. The van der Waals surface area contributed by atoms with Gasteiger partial charge in [-0.2, -0.15) is 8.61 Å². The molecule has 0 unspecified atom stereocenters. The summed E-state index contributed by atoms with van der Waals surface area (Å²) in [6.07, 6.45) is 0. The van der Waals surface area contributed by atoms with Crippen LogP contribution in [0.1, 0.15) is 5.56 Å². The molecule has 1 saturated heterocycles. The molecule has 0 bridgehead atoms. The zero-order chi connectivity index (χ0) is 32.4. The Morgan fingerprint density at radius 3 is 1.89 bits per heavy atom. The summed E-state index contributed by atoms with van der Waals surface area (Å²) in [7, 11) is -12.2. The number of carbonyl (C=O) groups excluding carboxylic acids is 1. The number of nitrogens with one attached hydrogen (secondary N) is 2. The Morgan fingerprint density at radius 2 is 1.29 bits per heavy atom. The fourth-order valence-corrected chi connectivity index (χ4v) is 9.14. The summed E-state index contributed by atoms with van der Waals surface area (Å²) < 4.78 is 84.6. The van der Waals surface area contributed by atoms with Gasteiger partial charge in [0.2, 0.25) is 26.0 Å². The largest absolute Gasteiger partial charge is 0.325 e. The second-order valence-electron chi connectivity index (χ2n) is 10.2. The van der Waals surface area contributed by atoms with Crippen molar-refractivity contribution in [3.05, 3.63) is 114 Å². The number of sulfonamides is 3. The van der Waals surface area contributed by atoms with E-state index in [1.165, 1.54) is 48.5 Å². The molecule has 236 valence electrons. The summed E-state index contributed by atoms with van der Waals surface area (Å²) >= 11 is 6.11. The Balaban J connectivity index is 1.40. The smallest absolute Gasteiger partial charge is 0.261 e. The first-order valence-corrected chi connectivity index (χ1v) is 18.4. The number of anilines is 2. The Kier molecular flexibility index (Phi) is 9.35. The maximum absolute atomic E-state index is 13.7. The summed E-state index contributed by atoms with van der Waals surface area (Å²) in [5.74, 6) is -0.786. The van der Waals surface area contributed by atoms with Crippen LogP contribution in [0, 0.1) is 6.92 Å². The molecule has 1 aliphatic heterocycles. The summed E-state index contributed by atoms with van der Waals surface area (Å²) in [6, 6.07) is 23.9. The fraction of sp³-hybridized carbons (Fsp3) is 0.167. The fourth-order valence-electron chi connectivity index (χ4n) is 4.79. The van der Waals surface area contributed by atoms with Gasteiger partial charge in [0.1, 0.15) is 6.04 Å². The van der Waals surface area contributed by atoms with E-state index in [-0.39, 0.29) is 33.5 Å². The van der Waals surface area contributed by atoms with Gasteiger partial charge in [0.05, 0.1) is 20.4 Å². The molecule has 0 spiro atoms. The minimum atomic E-state index is -4.19. The van der Waals surface area contributed by atoms with E-state index in [1.807, 2.05) is 0 Å². The van der Waals surface area contributed by atoms with E-state index >= 15 is 0 Å². The monoisotopic (exact) mass is 688 g/mol. The minimum Gasteiger partial charge on any atom is -0.325 e. The van der Waals surface area contributed by atoms with Gasteiger partial charge in [-0.25, -0.2) is 25.3 Å². The highest BCUT2D eigenvalue weighted by atomic mass is 35.5. The molecule has 0 aromatic heterocycles. The normalized spacial score (nSPS) is 16.6. The van der Waals surface area contributed by atoms with Crippen molar-refractivity contribution in [3.63, 3.8) is 0 Å². The molecular weight excluding hydrogens is 660 g/mol. The van der Waals surface area contributed by atoms with Crippen molar-refractivity contribution in [3.8, 4) is 0 Å². The third-order valence-corrected chi connectivity index (χ3v) is 12.9. The van der Waals surface area contributed by atoms with Gasteiger partial charge in [-0.15, -0.1) is 0 Å². The van der Waals surface area contributed by atoms with Gasteiger partial charge in [-0.05, 0) is 73.2 Å². The lowest BCUT2D eigenvalue weighted by atomic mass is 10.2. The molecule has 4 aromatic rings. The topological polar surface area (TPSA) is 150 Å². The molecule has 11 nitrogen and oxygen atoms in total. The maximum atomic E-state index is 13.7. The molecule has 15 heteroatoms. The van der Waals surface area contributed by atoms with Gasteiger partial charge >= 0.3 is 0 Å². The van der Waals surface area contributed by atoms with Crippen molar-refractivity contribution in [2.24, 2.45) is 0 Å². The van der Waals surface area contributed by atoms with E-state index in [4.69, 9.17) is 11.6 Å². The minimum absolute atomic E-state index is 0.0156. The Bertz CT molecular complexity index is 2030. The van der Waals surface area contributed by atoms with Crippen LogP contribution in [0.25, 0.3) is 0 Å². The maximum Gasteiger partial charge on any atom is 0.261 e. The molecule has 0 radical (unpaired) electrons. The molecule has 0 aliphatic carbocycles. The highest BCUT2D eigenvalue weighted by Crippen LogP contribution is 2.28. The van der Waals surface area contributed by atoms with Crippen molar-refractivity contribution < 1.29 is 30.0 Å². The van der Waals surface area contributed by atoms with E-state index in [1.54, 1.807) is 61.5 Å². The molecule has 4 aromatic carbocycles. The lowest BCUT2D eigenvalue weighted by molar-refractivity contribution is -0.120. The van der Waals surface area contributed by atoms with Crippen molar-refractivity contribution in [1.29, 1.82) is 0 Å². The number of nitrogens with zero attached hydrogens (tertiary/aromatic N) is 2. The summed E-state index contributed by atoms with van der Waals surface area (Å²) in [6.45, 7) is 0.800. The first kappa shape index (κ1) is 32.6. The van der Waals surface area contributed by atoms with E-state index in [0.29, 0.717) is 16.3 Å². The van der Waals surface area contributed by atoms with Gasteiger partial charge < -0.3 is 5.32 Å². The van der Waals surface area contributed by atoms with E-state index < -0.39 is 48.6 Å². The van der Waals surface area contributed by atoms with Crippen molar-refractivity contribution in [1.82, 2.24) is 8.61 Å². The summed E-state index contributed by atoms with van der Waals surface area (Å²) in [5.41, 5.74) is 1.04. The number of hydrogen-bond donors (Lipinski definition) is 2. The zero-order valence-corrected chi connectivity index (χ0v) is 27.1. The third kappa shape index (κ3) is 6.90. The van der Waals surface area contributed by atoms with Gasteiger partial charge in [0, 0.05) is 30.3 Å². The molecule has 5 rings (SSSR count). The number of rotatable bonds is 9. The highest BCUT2D eigenvalue weighted by Gasteiger charge is 2.43. The molecule has 1 heterocycles. The van der Waals surface area contributed by atoms with Crippen LogP contribution >= 0.6 is 11.6 Å². The van der Waals surface area contributed by atoms with Crippen LogP contribution in [-0.4, -0.2) is 65.4 Å². The van der Waals surface area contributed by atoms with E-state index in [0.717, 1.165) is 8.61 Å². The summed E-state index contributed by atoms with van der Waals surface area (Å²) in [5, 5.41) is 3.02. The van der Waals surface area contributed by atoms with Crippen molar-refractivity contribution in [2.45, 2.75) is 27.7 Å². The van der Waals surface area contributed by atoms with Crippen LogP contribution in [0.4, 0.5) is 11.4 Å². The molecule has 2 N–H and O–H groups in total. The number of halogens is 1. The number of piperazine rings is 1. The standard InChI is InChI=1S/C30H29ClN4O7S3/c1-22-27(31)13-8-14-28(22)33-43(37,38)24-17-15-23(16-18-24)32-30(36)29-21-34(44(39,40)25-9-4-2-5-10-25)19-20-35(29)45(41,42)26-11-6-3-7-12-26/h2-18,29,33H,19-21H2,1H3,(H,32,36)/t29-/m0/s1. The van der Waals surface area contributed by atoms with Crippen LogP contribution in [0.2, 0.25) is 5.02 Å². The highest BCUT2D eigenvalue weighted by molar-refractivity contribution is 7.92. The molecule has 1 aliphatic rings. The summed E-state index contributed by atoms with van der Waals surface area (Å²) in [4.78, 5) is 13.6.